The van der Waals surface area contributed by atoms with Crippen LogP contribution < -0.4 is 4.74 Å². The Balaban J connectivity index is 1.82. The third-order valence-electron chi connectivity index (χ3n) is 5.04. The molecule has 5 heteroatoms. The van der Waals surface area contributed by atoms with Crippen LogP contribution in [0, 0.1) is 11.3 Å². The van der Waals surface area contributed by atoms with Crippen molar-refractivity contribution in [2.75, 3.05) is 13.6 Å². The predicted molar refractivity (Wildman–Crippen MR) is 117 cm³/mol. The van der Waals surface area contributed by atoms with Gasteiger partial charge in [0.15, 0.2) is 0 Å². The predicted octanol–water partition coefficient (Wildman–Crippen LogP) is 5.30. The minimum absolute atomic E-state index is 0.303. The molecule has 0 radical (unpaired) electrons. The van der Waals surface area contributed by atoms with Crippen molar-refractivity contribution in [2.24, 2.45) is 0 Å². The van der Waals surface area contributed by atoms with Crippen LogP contribution in [-0.2, 0) is 13.2 Å². The first-order valence-corrected chi connectivity index (χ1v) is 10.3. The summed E-state index contributed by atoms with van der Waals surface area (Å²) >= 11 is 0. The quantitative estimate of drug-likeness (QED) is 0.497. The highest BCUT2D eigenvalue weighted by atomic mass is 16.5. The third kappa shape index (κ3) is 5.16. The molecule has 3 aromatic rings. The van der Waals surface area contributed by atoms with Crippen LogP contribution in [0.25, 0.3) is 10.9 Å². The summed E-state index contributed by atoms with van der Waals surface area (Å²) in [5.41, 5.74) is 3.94. The average Bonchev–Trinajstić information content (AvgIpc) is 3.09. The van der Waals surface area contributed by atoms with Crippen molar-refractivity contribution in [1.82, 2.24) is 14.7 Å². The first kappa shape index (κ1) is 20.9. The van der Waals surface area contributed by atoms with Gasteiger partial charge in [-0.05, 0) is 69.8 Å². The van der Waals surface area contributed by atoms with E-state index in [9.17, 15) is 0 Å². The van der Waals surface area contributed by atoms with E-state index in [2.05, 4.69) is 55.6 Å². The normalized spacial score (nSPS) is 11.3. The standard InChI is InChI=1S/C24H30N4O/c1-5-6-13-27(4)16-23-22-14-21(11-12-24(22)28(26-23)18(2)3)29-17-20-9-7-19(15-25)8-10-20/h7-12,14,18H,5-6,13,16-17H2,1-4H3. The largest absolute Gasteiger partial charge is 0.489 e. The van der Waals surface area contributed by atoms with Crippen molar-refractivity contribution < 1.29 is 4.74 Å². The molecule has 0 aliphatic heterocycles. The molecule has 1 aromatic heterocycles. The van der Waals surface area contributed by atoms with E-state index in [4.69, 9.17) is 15.1 Å². The number of hydrogen-bond acceptors (Lipinski definition) is 4. The Labute approximate surface area is 173 Å². The lowest BCUT2D eigenvalue weighted by atomic mass is 10.1. The molecule has 0 bridgehead atoms. The molecular weight excluding hydrogens is 360 g/mol. The van der Waals surface area contributed by atoms with Crippen LogP contribution in [0.15, 0.2) is 42.5 Å². The van der Waals surface area contributed by atoms with Crippen molar-refractivity contribution in [3.8, 4) is 11.8 Å². The molecule has 1 heterocycles. The van der Waals surface area contributed by atoms with E-state index in [0.29, 0.717) is 18.2 Å². The lowest BCUT2D eigenvalue weighted by Crippen LogP contribution is -2.19. The topological polar surface area (TPSA) is 54.1 Å². The molecule has 0 amide bonds. The highest BCUT2D eigenvalue weighted by Crippen LogP contribution is 2.27. The Kier molecular flexibility index (Phi) is 6.90. The fourth-order valence-electron chi connectivity index (χ4n) is 3.39. The second kappa shape index (κ2) is 9.58. The van der Waals surface area contributed by atoms with Gasteiger partial charge in [0.1, 0.15) is 12.4 Å². The van der Waals surface area contributed by atoms with Crippen molar-refractivity contribution in [3.63, 3.8) is 0 Å². The second-order valence-corrected chi connectivity index (χ2v) is 7.85. The van der Waals surface area contributed by atoms with E-state index in [1.54, 1.807) is 0 Å². The van der Waals surface area contributed by atoms with Crippen LogP contribution >= 0.6 is 0 Å². The van der Waals surface area contributed by atoms with Gasteiger partial charge in [0.2, 0.25) is 0 Å². The third-order valence-corrected chi connectivity index (χ3v) is 5.04. The summed E-state index contributed by atoms with van der Waals surface area (Å²) in [4.78, 5) is 2.33. The number of benzene rings is 2. The van der Waals surface area contributed by atoms with Crippen LogP contribution in [0.3, 0.4) is 0 Å². The molecule has 0 unspecified atom stereocenters. The van der Waals surface area contributed by atoms with E-state index in [1.807, 2.05) is 30.3 Å². The van der Waals surface area contributed by atoms with Crippen molar-refractivity contribution in [3.05, 3.63) is 59.3 Å². The number of hydrogen-bond donors (Lipinski definition) is 0. The van der Waals surface area contributed by atoms with Gasteiger partial charge < -0.3 is 9.64 Å². The van der Waals surface area contributed by atoms with Gasteiger partial charge in [0.05, 0.1) is 22.8 Å². The van der Waals surface area contributed by atoms with Crippen LogP contribution in [0.5, 0.6) is 5.75 Å². The van der Waals surface area contributed by atoms with Crippen LogP contribution in [0.1, 0.15) is 56.5 Å². The number of rotatable bonds is 9. The van der Waals surface area contributed by atoms with Gasteiger partial charge >= 0.3 is 0 Å². The zero-order chi connectivity index (χ0) is 20.8. The SMILES string of the molecule is CCCCN(C)Cc1nn(C(C)C)c2ccc(OCc3ccc(C#N)cc3)cc12. The molecule has 0 saturated heterocycles. The first-order chi connectivity index (χ1) is 14.0. The molecule has 3 rings (SSSR count). The molecule has 5 nitrogen and oxygen atoms in total. The molecule has 0 aliphatic carbocycles. The van der Waals surface area contributed by atoms with Crippen LogP contribution in [-0.4, -0.2) is 28.3 Å². The molecular formula is C24H30N4O. The summed E-state index contributed by atoms with van der Waals surface area (Å²) in [6.07, 6.45) is 2.39. The number of fused-ring (bicyclic) bond motifs is 1. The first-order valence-electron chi connectivity index (χ1n) is 10.3. The Morgan fingerprint density at radius 2 is 1.93 bits per heavy atom. The average molecular weight is 391 g/mol. The van der Waals surface area contributed by atoms with Gasteiger partial charge in [-0.1, -0.05) is 25.5 Å². The molecule has 0 saturated carbocycles. The summed E-state index contributed by atoms with van der Waals surface area (Å²) < 4.78 is 8.13. The van der Waals surface area contributed by atoms with Crippen molar-refractivity contribution in [1.29, 1.82) is 5.26 Å². The maximum atomic E-state index is 8.92. The maximum absolute atomic E-state index is 8.92. The van der Waals surface area contributed by atoms with Crippen LogP contribution in [0.2, 0.25) is 0 Å². The Morgan fingerprint density at radius 3 is 2.59 bits per heavy atom. The highest BCUT2D eigenvalue weighted by Gasteiger charge is 2.15. The maximum Gasteiger partial charge on any atom is 0.120 e. The van der Waals surface area contributed by atoms with Crippen LogP contribution in [0.4, 0.5) is 0 Å². The van der Waals surface area contributed by atoms with E-state index in [1.165, 1.54) is 12.8 Å². The number of unbranched alkanes of at least 4 members (excludes halogenated alkanes) is 1. The van der Waals surface area contributed by atoms with Crippen molar-refractivity contribution in [2.45, 2.75) is 52.8 Å². The van der Waals surface area contributed by atoms with E-state index in [0.717, 1.165) is 41.0 Å². The molecule has 2 aromatic carbocycles. The van der Waals surface area contributed by atoms with Gasteiger partial charge in [-0.25, -0.2) is 0 Å². The molecule has 0 spiro atoms. The highest BCUT2D eigenvalue weighted by molar-refractivity contribution is 5.83. The smallest absolute Gasteiger partial charge is 0.120 e. The fraction of sp³-hybridized carbons (Fsp3) is 0.417. The number of nitriles is 1. The zero-order valence-electron chi connectivity index (χ0n) is 17.9. The van der Waals surface area contributed by atoms with Gasteiger partial charge in [-0.3, -0.25) is 4.68 Å². The monoisotopic (exact) mass is 390 g/mol. The Bertz CT molecular complexity index is 983. The van der Waals surface area contributed by atoms with E-state index >= 15 is 0 Å². The summed E-state index contributed by atoms with van der Waals surface area (Å²) in [6, 6.07) is 16.2. The Morgan fingerprint density at radius 1 is 1.17 bits per heavy atom. The lowest BCUT2D eigenvalue weighted by molar-refractivity contribution is 0.306. The lowest BCUT2D eigenvalue weighted by Gasteiger charge is -2.14. The van der Waals surface area contributed by atoms with Gasteiger partial charge in [-0.15, -0.1) is 0 Å². The molecule has 152 valence electrons. The van der Waals surface area contributed by atoms with Gasteiger partial charge in [-0.2, -0.15) is 10.4 Å². The number of nitrogens with zero attached hydrogens (tertiary/aromatic N) is 4. The molecule has 0 N–H and O–H groups in total. The number of ether oxygens (including phenoxy) is 1. The van der Waals surface area contributed by atoms with E-state index in [-0.39, 0.29) is 0 Å². The summed E-state index contributed by atoms with van der Waals surface area (Å²) in [7, 11) is 2.15. The minimum atomic E-state index is 0.303. The second-order valence-electron chi connectivity index (χ2n) is 7.85. The molecule has 0 atom stereocenters. The Hall–Kier alpha value is -2.84. The summed E-state index contributed by atoms with van der Waals surface area (Å²) in [5, 5.41) is 15.0. The fourth-order valence-corrected chi connectivity index (χ4v) is 3.39. The zero-order valence-corrected chi connectivity index (χ0v) is 17.9. The summed E-state index contributed by atoms with van der Waals surface area (Å²) in [6.45, 7) is 8.91. The minimum Gasteiger partial charge on any atom is -0.489 e. The summed E-state index contributed by atoms with van der Waals surface area (Å²) in [5.74, 6) is 0.836. The van der Waals surface area contributed by atoms with Crippen molar-refractivity contribution >= 4 is 10.9 Å². The molecule has 0 fully saturated rings. The van der Waals surface area contributed by atoms with Gasteiger partial charge in [0.25, 0.3) is 0 Å². The number of aromatic nitrogens is 2. The molecule has 29 heavy (non-hydrogen) atoms. The van der Waals surface area contributed by atoms with E-state index < -0.39 is 0 Å². The van der Waals surface area contributed by atoms with Gasteiger partial charge in [0, 0.05) is 18.0 Å². The molecule has 0 aliphatic rings.